The largest absolute Gasteiger partial charge is 0.352 e. The average Bonchev–Trinajstić information content (AvgIpc) is 3.55. The van der Waals surface area contributed by atoms with Crippen molar-refractivity contribution < 1.29 is 18.0 Å². The molecule has 4 aromatic rings. The highest BCUT2D eigenvalue weighted by Crippen LogP contribution is 2.27. The van der Waals surface area contributed by atoms with Gasteiger partial charge in [-0.2, -0.15) is 0 Å². The monoisotopic (exact) mass is 657 g/mol. The smallest absolute Gasteiger partial charge is 0.264 e. The summed E-state index contributed by atoms with van der Waals surface area (Å²) in [6.45, 7) is 3.33. The lowest BCUT2D eigenvalue weighted by Crippen LogP contribution is -2.54. The van der Waals surface area contributed by atoms with Gasteiger partial charge in [-0.15, -0.1) is 0 Å². The van der Waals surface area contributed by atoms with Crippen LogP contribution in [-0.2, 0) is 32.6 Å². The van der Waals surface area contributed by atoms with Crippen molar-refractivity contribution in [2.75, 3.05) is 10.8 Å². The van der Waals surface area contributed by atoms with Gasteiger partial charge in [0.2, 0.25) is 11.8 Å². The van der Waals surface area contributed by atoms with Crippen molar-refractivity contribution in [1.82, 2.24) is 10.2 Å². The fourth-order valence-electron chi connectivity index (χ4n) is 5.90. The summed E-state index contributed by atoms with van der Waals surface area (Å²) in [6.07, 6.45) is 4.13. The zero-order valence-electron chi connectivity index (χ0n) is 26.2. The minimum atomic E-state index is -4.16. The number of carbonyl (C=O) groups excluding carboxylic acids is 2. The van der Waals surface area contributed by atoms with E-state index in [1.165, 1.54) is 4.90 Å². The fourth-order valence-corrected chi connectivity index (χ4v) is 7.52. The SMILES string of the molecule is Cc1ccc(S(=O)(=O)N(CC(=O)N(Cc2cccc(Cl)c2)C(Cc2ccccc2)C(=O)NC2CCCC2)c2cccc(C)c2)cc1. The molecular weight excluding hydrogens is 618 g/mol. The van der Waals surface area contributed by atoms with E-state index in [2.05, 4.69) is 5.32 Å². The van der Waals surface area contributed by atoms with Crippen LogP contribution in [0.5, 0.6) is 0 Å². The van der Waals surface area contributed by atoms with Crippen molar-refractivity contribution in [3.63, 3.8) is 0 Å². The van der Waals surface area contributed by atoms with Gasteiger partial charge in [-0.3, -0.25) is 13.9 Å². The Morgan fingerprint density at radius 2 is 1.50 bits per heavy atom. The van der Waals surface area contributed by atoms with Crippen LogP contribution in [0.2, 0.25) is 5.02 Å². The van der Waals surface area contributed by atoms with Crippen LogP contribution >= 0.6 is 11.6 Å². The summed E-state index contributed by atoms with van der Waals surface area (Å²) in [6, 6.07) is 29.5. The maximum absolute atomic E-state index is 14.6. The third-order valence-electron chi connectivity index (χ3n) is 8.39. The number of hydrogen-bond acceptors (Lipinski definition) is 4. The van der Waals surface area contributed by atoms with Gasteiger partial charge < -0.3 is 10.2 Å². The lowest BCUT2D eigenvalue weighted by atomic mass is 10.0. The molecule has 1 aliphatic carbocycles. The van der Waals surface area contributed by atoms with Crippen molar-refractivity contribution in [3.05, 3.63) is 130 Å². The van der Waals surface area contributed by atoms with Gasteiger partial charge in [0.1, 0.15) is 12.6 Å². The molecule has 5 rings (SSSR count). The van der Waals surface area contributed by atoms with Gasteiger partial charge in [0.05, 0.1) is 10.6 Å². The molecule has 7 nitrogen and oxygen atoms in total. The van der Waals surface area contributed by atoms with Crippen LogP contribution in [-0.4, -0.2) is 43.8 Å². The summed E-state index contributed by atoms with van der Waals surface area (Å²) in [5.41, 5.74) is 3.76. The molecule has 1 fully saturated rings. The number of sulfonamides is 1. The Hall–Kier alpha value is -4.14. The third-order valence-corrected chi connectivity index (χ3v) is 10.4. The van der Waals surface area contributed by atoms with E-state index in [-0.39, 0.29) is 29.8 Å². The molecule has 46 heavy (non-hydrogen) atoms. The molecule has 1 N–H and O–H groups in total. The fraction of sp³-hybridized carbons (Fsp3) is 0.297. The molecule has 0 heterocycles. The van der Waals surface area contributed by atoms with Crippen LogP contribution in [0.3, 0.4) is 0 Å². The maximum atomic E-state index is 14.6. The summed E-state index contributed by atoms with van der Waals surface area (Å²) in [7, 11) is -4.16. The molecule has 0 bridgehead atoms. The Labute approximate surface area is 277 Å². The van der Waals surface area contributed by atoms with E-state index < -0.39 is 28.5 Å². The summed E-state index contributed by atoms with van der Waals surface area (Å²) in [5.74, 6) is -0.755. The second-order valence-electron chi connectivity index (χ2n) is 12.0. The number of anilines is 1. The minimum Gasteiger partial charge on any atom is -0.352 e. The molecule has 0 radical (unpaired) electrons. The van der Waals surface area contributed by atoms with Gasteiger partial charge in [-0.05, 0) is 79.8 Å². The predicted molar refractivity (Wildman–Crippen MR) is 183 cm³/mol. The van der Waals surface area contributed by atoms with Gasteiger partial charge in [-0.25, -0.2) is 8.42 Å². The first-order valence-corrected chi connectivity index (χ1v) is 17.5. The van der Waals surface area contributed by atoms with E-state index in [0.717, 1.165) is 52.2 Å². The first kappa shape index (κ1) is 33.2. The van der Waals surface area contributed by atoms with Crippen LogP contribution in [0.1, 0.15) is 47.9 Å². The molecule has 0 aliphatic heterocycles. The Morgan fingerprint density at radius 3 is 2.17 bits per heavy atom. The number of aryl methyl sites for hydroxylation is 2. The zero-order chi connectivity index (χ0) is 32.7. The molecule has 1 aliphatic rings. The summed E-state index contributed by atoms with van der Waals surface area (Å²) in [5, 5.41) is 3.70. The van der Waals surface area contributed by atoms with Crippen molar-refractivity contribution in [3.8, 4) is 0 Å². The number of amides is 2. The van der Waals surface area contributed by atoms with Crippen LogP contribution in [0, 0.1) is 13.8 Å². The van der Waals surface area contributed by atoms with E-state index in [1.54, 1.807) is 60.7 Å². The standard InChI is InChI=1S/C37H40ClN3O4S/c1-27-18-20-34(21-19-27)46(44,45)41(33-17-8-10-28(2)22-33)26-36(42)40(25-30-13-9-14-31(38)23-30)35(24-29-11-4-3-5-12-29)37(43)39-32-15-6-7-16-32/h3-5,8-14,17-23,32,35H,6-7,15-16,24-26H2,1-2H3,(H,39,43). The maximum Gasteiger partial charge on any atom is 0.264 e. The van der Waals surface area contributed by atoms with Crippen molar-refractivity contribution in [2.45, 2.75) is 69.5 Å². The number of benzene rings is 4. The molecule has 2 amide bonds. The number of carbonyl (C=O) groups is 2. The Morgan fingerprint density at radius 1 is 0.826 bits per heavy atom. The Balaban J connectivity index is 1.57. The number of halogens is 1. The Kier molecular flexibility index (Phi) is 10.8. The quantitative estimate of drug-likeness (QED) is 0.181. The molecule has 1 atom stereocenters. The lowest BCUT2D eigenvalue weighted by Gasteiger charge is -2.34. The summed E-state index contributed by atoms with van der Waals surface area (Å²) >= 11 is 6.34. The van der Waals surface area contributed by atoms with Crippen LogP contribution < -0.4 is 9.62 Å². The van der Waals surface area contributed by atoms with Gasteiger partial charge in [0, 0.05) is 24.0 Å². The van der Waals surface area contributed by atoms with E-state index in [1.807, 2.05) is 56.3 Å². The predicted octanol–water partition coefficient (Wildman–Crippen LogP) is 6.85. The van der Waals surface area contributed by atoms with Crippen LogP contribution in [0.15, 0.2) is 108 Å². The highest BCUT2D eigenvalue weighted by atomic mass is 35.5. The van der Waals surface area contributed by atoms with Crippen LogP contribution in [0.4, 0.5) is 5.69 Å². The molecule has 9 heteroatoms. The summed E-state index contributed by atoms with van der Waals surface area (Å²) in [4.78, 5) is 30.3. The molecule has 0 aromatic heterocycles. The van der Waals surface area contributed by atoms with Crippen molar-refractivity contribution in [2.24, 2.45) is 0 Å². The summed E-state index contributed by atoms with van der Waals surface area (Å²) < 4.78 is 29.5. The average molecular weight is 658 g/mol. The first-order chi connectivity index (χ1) is 22.1. The lowest BCUT2D eigenvalue weighted by molar-refractivity contribution is -0.140. The second kappa shape index (κ2) is 15.0. The molecule has 4 aromatic carbocycles. The molecule has 0 saturated heterocycles. The van der Waals surface area contributed by atoms with Gasteiger partial charge >= 0.3 is 0 Å². The van der Waals surface area contributed by atoms with E-state index in [9.17, 15) is 18.0 Å². The number of nitrogens with one attached hydrogen (secondary N) is 1. The second-order valence-corrected chi connectivity index (χ2v) is 14.3. The number of nitrogens with zero attached hydrogens (tertiary/aromatic N) is 2. The Bertz CT molecular complexity index is 1760. The minimum absolute atomic E-state index is 0.0413. The molecule has 1 saturated carbocycles. The number of rotatable bonds is 12. The number of hydrogen-bond donors (Lipinski definition) is 1. The van der Waals surface area contributed by atoms with Gasteiger partial charge in [-0.1, -0.05) is 96.7 Å². The first-order valence-electron chi connectivity index (χ1n) is 15.6. The van der Waals surface area contributed by atoms with Gasteiger partial charge in [0.15, 0.2) is 0 Å². The highest BCUT2D eigenvalue weighted by molar-refractivity contribution is 7.92. The van der Waals surface area contributed by atoms with E-state index >= 15 is 0 Å². The van der Waals surface area contributed by atoms with E-state index in [0.29, 0.717) is 10.7 Å². The molecule has 0 spiro atoms. The normalized spacial score (nSPS) is 14.1. The highest BCUT2D eigenvalue weighted by Gasteiger charge is 2.35. The van der Waals surface area contributed by atoms with Gasteiger partial charge in [0.25, 0.3) is 10.0 Å². The zero-order valence-corrected chi connectivity index (χ0v) is 27.8. The topological polar surface area (TPSA) is 86.8 Å². The molecular formula is C37H40ClN3O4S. The molecule has 240 valence electrons. The molecule has 1 unspecified atom stereocenters. The van der Waals surface area contributed by atoms with Crippen LogP contribution in [0.25, 0.3) is 0 Å². The van der Waals surface area contributed by atoms with Crippen molar-refractivity contribution in [1.29, 1.82) is 0 Å². The van der Waals surface area contributed by atoms with Crippen molar-refractivity contribution >= 4 is 39.1 Å². The third kappa shape index (κ3) is 8.36. The van der Waals surface area contributed by atoms with E-state index in [4.69, 9.17) is 11.6 Å².